The van der Waals surface area contributed by atoms with Crippen LogP contribution >= 0.6 is 0 Å². The molecule has 0 N–H and O–H groups in total. The lowest BCUT2D eigenvalue weighted by Gasteiger charge is -2.06. The van der Waals surface area contributed by atoms with Crippen LogP contribution in [0.25, 0.3) is 0 Å². The van der Waals surface area contributed by atoms with Crippen LogP contribution in [0.1, 0.15) is 6.42 Å². The van der Waals surface area contributed by atoms with Crippen molar-refractivity contribution >= 4 is 0 Å². The van der Waals surface area contributed by atoms with Gasteiger partial charge >= 0.3 is 0 Å². The first kappa shape index (κ1) is 11.9. The summed E-state index contributed by atoms with van der Waals surface area (Å²) >= 11 is 0. The summed E-state index contributed by atoms with van der Waals surface area (Å²) in [5.41, 5.74) is 0.0441. The highest BCUT2D eigenvalue weighted by molar-refractivity contribution is 4.93. The van der Waals surface area contributed by atoms with Crippen LogP contribution in [0.2, 0.25) is 0 Å². The van der Waals surface area contributed by atoms with Crippen LogP contribution in [0.3, 0.4) is 0 Å². The van der Waals surface area contributed by atoms with E-state index < -0.39 is 0 Å². The Labute approximate surface area is 89.4 Å². The van der Waals surface area contributed by atoms with Crippen LogP contribution in [0.5, 0.6) is 0 Å². The Morgan fingerprint density at radius 1 is 1.20 bits per heavy atom. The fraction of sp³-hybridized carbons (Fsp3) is 0.545. The Balaban J connectivity index is 2.10. The number of nitrogens with zero attached hydrogens (tertiary/aromatic N) is 1. The van der Waals surface area contributed by atoms with E-state index in [1.807, 2.05) is 4.57 Å². The summed E-state index contributed by atoms with van der Waals surface area (Å²) in [5.74, 6) is 0. The molecule has 0 fully saturated rings. The largest absolute Gasteiger partial charge is 0.382 e. The van der Waals surface area contributed by atoms with Crippen molar-refractivity contribution in [3.63, 3.8) is 0 Å². The van der Waals surface area contributed by atoms with Crippen molar-refractivity contribution in [2.24, 2.45) is 0 Å². The van der Waals surface area contributed by atoms with E-state index in [0.29, 0.717) is 13.2 Å². The summed E-state index contributed by atoms with van der Waals surface area (Å²) < 4.78 is 12.1. The van der Waals surface area contributed by atoms with Crippen molar-refractivity contribution in [1.82, 2.24) is 4.57 Å². The molecule has 0 aliphatic carbocycles. The maximum atomic E-state index is 10.8. The van der Waals surface area contributed by atoms with Gasteiger partial charge in [-0.3, -0.25) is 4.79 Å². The highest BCUT2D eigenvalue weighted by Crippen LogP contribution is 1.90. The van der Waals surface area contributed by atoms with E-state index in [9.17, 15) is 4.79 Å². The molecule has 0 aliphatic heterocycles. The maximum Gasteiger partial charge on any atom is 0.181 e. The topological polar surface area (TPSA) is 40.5 Å². The number of rotatable bonds is 7. The van der Waals surface area contributed by atoms with Gasteiger partial charge < -0.3 is 14.0 Å². The van der Waals surface area contributed by atoms with E-state index in [1.165, 1.54) is 0 Å². The minimum absolute atomic E-state index is 0.0441. The fourth-order valence-electron chi connectivity index (χ4n) is 1.19. The molecule has 0 amide bonds. The van der Waals surface area contributed by atoms with Crippen molar-refractivity contribution in [2.45, 2.75) is 13.0 Å². The Hall–Kier alpha value is -1.13. The molecular weight excluding hydrogens is 194 g/mol. The number of methoxy groups -OCH3 is 1. The molecule has 0 aliphatic rings. The van der Waals surface area contributed by atoms with Gasteiger partial charge in [-0.1, -0.05) is 0 Å². The van der Waals surface area contributed by atoms with Crippen molar-refractivity contribution < 1.29 is 9.47 Å². The lowest BCUT2D eigenvalue weighted by Crippen LogP contribution is -2.08. The zero-order valence-electron chi connectivity index (χ0n) is 9.02. The van der Waals surface area contributed by atoms with Crippen LogP contribution < -0.4 is 5.43 Å². The number of hydrogen-bond donors (Lipinski definition) is 0. The molecule has 0 saturated carbocycles. The normalized spacial score (nSPS) is 10.5. The van der Waals surface area contributed by atoms with E-state index in [1.54, 1.807) is 31.6 Å². The summed E-state index contributed by atoms with van der Waals surface area (Å²) in [5, 5.41) is 0. The molecule has 0 radical (unpaired) electrons. The van der Waals surface area contributed by atoms with Gasteiger partial charge in [0.1, 0.15) is 0 Å². The molecule has 84 valence electrons. The smallest absolute Gasteiger partial charge is 0.181 e. The fourth-order valence-corrected chi connectivity index (χ4v) is 1.19. The lowest BCUT2D eigenvalue weighted by molar-refractivity contribution is 0.0680. The first-order chi connectivity index (χ1) is 7.33. The standard InChI is InChI=1S/C11H17NO3/c1-14-9-10-15-8-2-5-12-6-3-11(13)4-7-12/h3-4,6-7H,2,5,8-10H2,1H3. The predicted octanol–water partition coefficient (Wildman–Crippen LogP) is 0.901. The van der Waals surface area contributed by atoms with Gasteiger partial charge in [0.15, 0.2) is 5.43 Å². The molecule has 0 atom stereocenters. The summed E-state index contributed by atoms with van der Waals surface area (Å²) in [4.78, 5) is 10.8. The van der Waals surface area contributed by atoms with Crippen LogP contribution in [-0.4, -0.2) is 31.5 Å². The average molecular weight is 211 g/mol. The molecule has 1 rings (SSSR count). The van der Waals surface area contributed by atoms with Gasteiger partial charge in [-0.2, -0.15) is 0 Å². The van der Waals surface area contributed by atoms with Gasteiger partial charge in [0.2, 0.25) is 0 Å². The highest BCUT2D eigenvalue weighted by atomic mass is 16.5. The molecule has 0 unspecified atom stereocenters. The predicted molar refractivity (Wildman–Crippen MR) is 58.0 cm³/mol. The molecule has 1 aromatic heterocycles. The van der Waals surface area contributed by atoms with Crippen LogP contribution in [0.4, 0.5) is 0 Å². The molecule has 0 aromatic carbocycles. The zero-order valence-corrected chi connectivity index (χ0v) is 9.02. The van der Waals surface area contributed by atoms with Gasteiger partial charge in [-0.05, 0) is 6.42 Å². The van der Waals surface area contributed by atoms with Crippen LogP contribution in [0.15, 0.2) is 29.3 Å². The van der Waals surface area contributed by atoms with Crippen molar-refractivity contribution in [1.29, 1.82) is 0 Å². The zero-order chi connectivity index (χ0) is 10.9. The quantitative estimate of drug-likeness (QED) is 0.629. The first-order valence-electron chi connectivity index (χ1n) is 5.06. The molecule has 4 heteroatoms. The molecule has 0 saturated heterocycles. The molecule has 0 bridgehead atoms. The number of ether oxygens (including phenoxy) is 2. The number of pyridine rings is 1. The molecule has 15 heavy (non-hydrogen) atoms. The molecule has 0 spiro atoms. The molecule has 1 aromatic rings. The third-order valence-electron chi connectivity index (χ3n) is 2.00. The Morgan fingerprint density at radius 3 is 2.60 bits per heavy atom. The second-order valence-corrected chi connectivity index (χ2v) is 3.23. The lowest BCUT2D eigenvalue weighted by atomic mass is 10.4. The Bertz CT molecular complexity index is 301. The second-order valence-electron chi connectivity index (χ2n) is 3.23. The monoisotopic (exact) mass is 211 g/mol. The SMILES string of the molecule is COCCOCCCn1ccc(=O)cc1. The third-order valence-corrected chi connectivity index (χ3v) is 2.00. The van der Waals surface area contributed by atoms with Gasteiger partial charge in [-0.25, -0.2) is 0 Å². The Kier molecular flexibility index (Phi) is 5.73. The number of hydrogen-bond acceptors (Lipinski definition) is 3. The number of aryl methyl sites for hydroxylation is 1. The van der Waals surface area contributed by atoms with Crippen molar-refractivity contribution in [3.8, 4) is 0 Å². The van der Waals surface area contributed by atoms with Gasteiger partial charge in [0.05, 0.1) is 13.2 Å². The first-order valence-corrected chi connectivity index (χ1v) is 5.06. The molecule has 1 heterocycles. The molecule has 4 nitrogen and oxygen atoms in total. The van der Waals surface area contributed by atoms with Gasteiger partial charge in [0, 0.05) is 44.8 Å². The summed E-state index contributed by atoms with van der Waals surface area (Å²) in [6.45, 7) is 2.86. The summed E-state index contributed by atoms with van der Waals surface area (Å²) in [6, 6.07) is 3.12. The van der Waals surface area contributed by atoms with E-state index >= 15 is 0 Å². The van der Waals surface area contributed by atoms with Crippen molar-refractivity contribution in [2.75, 3.05) is 26.9 Å². The van der Waals surface area contributed by atoms with E-state index in [0.717, 1.165) is 19.6 Å². The van der Waals surface area contributed by atoms with Crippen molar-refractivity contribution in [3.05, 3.63) is 34.7 Å². The second kappa shape index (κ2) is 7.20. The highest BCUT2D eigenvalue weighted by Gasteiger charge is 1.91. The van der Waals surface area contributed by atoms with E-state index in [4.69, 9.17) is 9.47 Å². The van der Waals surface area contributed by atoms with E-state index in [2.05, 4.69) is 0 Å². The maximum absolute atomic E-state index is 10.8. The minimum atomic E-state index is 0.0441. The summed E-state index contributed by atoms with van der Waals surface area (Å²) in [7, 11) is 1.66. The average Bonchev–Trinajstić information content (AvgIpc) is 2.26. The van der Waals surface area contributed by atoms with Gasteiger partial charge in [-0.15, -0.1) is 0 Å². The van der Waals surface area contributed by atoms with E-state index in [-0.39, 0.29) is 5.43 Å². The van der Waals surface area contributed by atoms with Crippen LogP contribution in [-0.2, 0) is 16.0 Å². The summed E-state index contributed by atoms with van der Waals surface area (Å²) in [6.07, 6.45) is 4.52. The third kappa shape index (κ3) is 5.34. The minimum Gasteiger partial charge on any atom is -0.382 e. The molecular formula is C11H17NO3. The van der Waals surface area contributed by atoms with Crippen LogP contribution in [0, 0.1) is 0 Å². The Morgan fingerprint density at radius 2 is 1.93 bits per heavy atom. The number of aromatic nitrogens is 1. The van der Waals surface area contributed by atoms with Gasteiger partial charge in [0.25, 0.3) is 0 Å².